The number of halogens is 4. The number of hydrogen-bond donors (Lipinski definition) is 1. The summed E-state index contributed by atoms with van der Waals surface area (Å²) in [7, 11) is 0. The van der Waals surface area contributed by atoms with Gasteiger partial charge in [-0.3, -0.25) is 4.79 Å². The van der Waals surface area contributed by atoms with Crippen molar-refractivity contribution in [2.75, 3.05) is 5.32 Å². The van der Waals surface area contributed by atoms with Crippen LogP contribution in [0.1, 0.15) is 6.92 Å². The zero-order valence-electron chi connectivity index (χ0n) is 7.73. The fraction of sp³-hybridized carbons (Fsp3) is 0.125. The Morgan fingerprint density at radius 3 is 2.40 bits per heavy atom. The SMILES string of the molecule is CC(=O)Nc1cc(F)ccc1[B-](F)(F)F. The Morgan fingerprint density at radius 1 is 1.33 bits per heavy atom. The van der Waals surface area contributed by atoms with Gasteiger partial charge in [0.1, 0.15) is 5.82 Å². The van der Waals surface area contributed by atoms with Crippen LogP contribution in [0.25, 0.3) is 0 Å². The molecule has 0 radical (unpaired) electrons. The van der Waals surface area contributed by atoms with E-state index in [2.05, 4.69) is 0 Å². The van der Waals surface area contributed by atoms with Crippen LogP contribution in [-0.4, -0.2) is 12.9 Å². The van der Waals surface area contributed by atoms with Crippen molar-refractivity contribution >= 4 is 24.0 Å². The summed E-state index contributed by atoms with van der Waals surface area (Å²) in [5.74, 6) is -1.51. The quantitative estimate of drug-likeness (QED) is 0.597. The predicted octanol–water partition coefficient (Wildman–Crippen LogP) is 1.84. The second kappa shape index (κ2) is 3.92. The van der Waals surface area contributed by atoms with E-state index < -0.39 is 29.9 Å². The summed E-state index contributed by atoms with van der Waals surface area (Å²) in [6.07, 6.45) is 0. The number of hydrogen-bond acceptors (Lipinski definition) is 1. The van der Waals surface area contributed by atoms with Crippen molar-refractivity contribution in [3.63, 3.8) is 0 Å². The molecule has 0 aliphatic rings. The van der Waals surface area contributed by atoms with Crippen molar-refractivity contribution in [3.8, 4) is 0 Å². The van der Waals surface area contributed by atoms with Gasteiger partial charge in [0, 0.05) is 12.6 Å². The molecule has 1 aromatic rings. The highest BCUT2D eigenvalue weighted by Crippen LogP contribution is 2.17. The number of anilines is 1. The van der Waals surface area contributed by atoms with Crippen molar-refractivity contribution < 1.29 is 22.1 Å². The summed E-state index contributed by atoms with van der Waals surface area (Å²) in [5, 5.41) is 1.94. The molecule has 1 N–H and O–H groups in total. The maximum atomic E-state index is 12.7. The minimum Gasteiger partial charge on any atom is -0.445 e. The zero-order valence-corrected chi connectivity index (χ0v) is 7.73. The van der Waals surface area contributed by atoms with Crippen LogP contribution in [0.5, 0.6) is 0 Å². The first kappa shape index (κ1) is 11.5. The van der Waals surface area contributed by atoms with Gasteiger partial charge in [-0.2, -0.15) is 0 Å². The molecule has 1 aromatic carbocycles. The van der Waals surface area contributed by atoms with Crippen LogP contribution in [0.4, 0.5) is 23.0 Å². The van der Waals surface area contributed by atoms with Crippen molar-refractivity contribution in [1.29, 1.82) is 0 Å². The van der Waals surface area contributed by atoms with Gasteiger partial charge in [0.05, 0.1) is 0 Å². The second-order valence-electron chi connectivity index (χ2n) is 2.99. The first-order chi connectivity index (χ1) is 6.80. The molecule has 1 rings (SSSR count). The Hall–Kier alpha value is -1.53. The lowest BCUT2D eigenvalue weighted by molar-refractivity contribution is -0.114. The molecule has 0 spiro atoms. The van der Waals surface area contributed by atoms with Crippen LogP contribution in [0.3, 0.4) is 0 Å². The molecule has 0 aromatic heterocycles. The number of carbonyl (C=O) groups is 1. The van der Waals surface area contributed by atoms with Crippen LogP contribution in [0, 0.1) is 5.82 Å². The Morgan fingerprint density at radius 2 is 1.93 bits per heavy atom. The molecule has 0 heterocycles. The van der Waals surface area contributed by atoms with Gasteiger partial charge in [0.15, 0.2) is 0 Å². The molecule has 0 aliphatic heterocycles. The third-order valence-electron chi connectivity index (χ3n) is 1.68. The van der Waals surface area contributed by atoms with E-state index in [4.69, 9.17) is 0 Å². The normalized spacial score (nSPS) is 11.3. The predicted molar refractivity (Wildman–Crippen MR) is 49.4 cm³/mol. The van der Waals surface area contributed by atoms with Gasteiger partial charge in [-0.05, 0) is 12.1 Å². The van der Waals surface area contributed by atoms with Crippen LogP contribution in [0.2, 0.25) is 0 Å². The maximum Gasteiger partial charge on any atom is 0.511 e. The van der Waals surface area contributed by atoms with Crippen molar-refractivity contribution in [1.82, 2.24) is 0 Å². The Balaban J connectivity index is 3.20. The molecular weight excluding hydrogens is 213 g/mol. The Bertz CT molecular complexity index is 391. The summed E-state index contributed by atoms with van der Waals surface area (Å²) in [5.41, 5.74) is -1.55. The maximum absolute atomic E-state index is 12.7. The van der Waals surface area contributed by atoms with E-state index in [0.29, 0.717) is 18.2 Å². The molecule has 0 atom stereocenters. The smallest absolute Gasteiger partial charge is 0.445 e. The highest BCUT2D eigenvalue weighted by atomic mass is 19.4. The monoisotopic (exact) mass is 220 g/mol. The van der Waals surface area contributed by atoms with E-state index >= 15 is 0 Å². The molecule has 0 fully saturated rings. The highest BCUT2D eigenvalue weighted by Gasteiger charge is 2.28. The number of nitrogens with one attached hydrogen (secondary N) is 1. The van der Waals surface area contributed by atoms with Crippen molar-refractivity contribution in [2.24, 2.45) is 0 Å². The fourth-order valence-electron chi connectivity index (χ4n) is 1.11. The Kier molecular flexibility index (Phi) is 3.02. The average molecular weight is 220 g/mol. The van der Waals surface area contributed by atoms with Crippen LogP contribution >= 0.6 is 0 Å². The second-order valence-corrected chi connectivity index (χ2v) is 2.99. The van der Waals surface area contributed by atoms with E-state index in [1.165, 1.54) is 0 Å². The standard InChI is InChI=1S/C8H7BF4NO/c1-5(15)14-8-4-6(10)2-3-7(8)9(11,12)13/h2-4H,1H3,(H,14,15)/q-1. The largest absolute Gasteiger partial charge is 0.511 e. The van der Waals surface area contributed by atoms with Gasteiger partial charge in [-0.25, -0.2) is 4.39 Å². The van der Waals surface area contributed by atoms with Gasteiger partial charge in [-0.1, -0.05) is 11.5 Å². The van der Waals surface area contributed by atoms with E-state index in [1.54, 1.807) is 0 Å². The van der Waals surface area contributed by atoms with E-state index in [-0.39, 0.29) is 0 Å². The summed E-state index contributed by atoms with van der Waals surface area (Å²) in [4.78, 5) is 10.6. The third kappa shape index (κ3) is 2.97. The summed E-state index contributed by atoms with van der Waals surface area (Å²) in [6.45, 7) is -4.21. The van der Waals surface area contributed by atoms with Gasteiger partial charge < -0.3 is 18.3 Å². The van der Waals surface area contributed by atoms with Crippen molar-refractivity contribution in [2.45, 2.75) is 6.92 Å². The first-order valence-electron chi connectivity index (χ1n) is 4.07. The fourth-order valence-corrected chi connectivity index (χ4v) is 1.11. The molecule has 1 amide bonds. The number of benzene rings is 1. The molecule has 2 nitrogen and oxygen atoms in total. The number of rotatable bonds is 2. The zero-order chi connectivity index (χ0) is 11.6. The van der Waals surface area contributed by atoms with E-state index in [0.717, 1.165) is 6.92 Å². The van der Waals surface area contributed by atoms with Gasteiger partial charge >= 0.3 is 6.98 Å². The molecule has 0 unspecified atom stereocenters. The molecule has 15 heavy (non-hydrogen) atoms. The van der Waals surface area contributed by atoms with Gasteiger partial charge in [-0.15, -0.1) is 0 Å². The molecule has 0 aliphatic carbocycles. The topological polar surface area (TPSA) is 29.1 Å². The summed E-state index contributed by atoms with van der Waals surface area (Å²) >= 11 is 0. The number of amides is 1. The van der Waals surface area contributed by atoms with Crippen LogP contribution < -0.4 is 10.8 Å². The molecule has 82 valence electrons. The van der Waals surface area contributed by atoms with E-state index in [9.17, 15) is 22.1 Å². The highest BCUT2D eigenvalue weighted by molar-refractivity contribution is 6.75. The molecule has 7 heteroatoms. The average Bonchev–Trinajstić information content (AvgIpc) is 1.99. The first-order valence-corrected chi connectivity index (χ1v) is 4.07. The van der Waals surface area contributed by atoms with E-state index in [1.807, 2.05) is 5.32 Å². The van der Waals surface area contributed by atoms with Crippen LogP contribution in [0.15, 0.2) is 18.2 Å². The Labute approximate surface area is 83.3 Å². The minimum atomic E-state index is -5.26. The summed E-state index contributed by atoms with van der Waals surface area (Å²) in [6, 6.07) is 1.96. The lowest BCUT2D eigenvalue weighted by Gasteiger charge is -2.19. The van der Waals surface area contributed by atoms with Crippen molar-refractivity contribution in [3.05, 3.63) is 24.0 Å². The lowest BCUT2D eigenvalue weighted by atomic mass is 9.79. The number of carbonyl (C=O) groups excluding carboxylic acids is 1. The minimum absolute atomic E-state index is 0.546. The molecular formula is C8H7BF4NO-. The van der Waals surface area contributed by atoms with Gasteiger partial charge in [0.25, 0.3) is 0 Å². The molecule has 0 saturated heterocycles. The van der Waals surface area contributed by atoms with Gasteiger partial charge in [0.2, 0.25) is 5.91 Å². The molecule has 0 saturated carbocycles. The summed E-state index contributed by atoms with van der Waals surface area (Å²) < 4.78 is 49.9. The third-order valence-corrected chi connectivity index (χ3v) is 1.68. The molecule has 0 bridgehead atoms. The lowest BCUT2D eigenvalue weighted by Crippen LogP contribution is -2.36. The van der Waals surface area contributed by atoms with Crippen LogP contribution in [-0.2, 0) is 4.79 Å².